The number of hydrogen-bond acceptors (Lipinski definition) is 5. The van der Waals surface area contributed by atoms with E-state index in [0.29, 0.717) is 30.9 Å². The molecule has 0 bridgehead atoms. The van der Waals surface area contributed by atoms with E-state index in [2.05, 4.69) is 44.2 Å². The van der Waals surface area contributed by atoms with Crippen LogP contribution in [-0.2, 0) is 14.8 Å². The first-order valence-corrected chi connectivity index (χ1v) is 13.3. The Kier molecular flexibility index (Phi) is 7.77. The molecule has 0 saturated carbocycles. The molecule has 8 heteroatoms. The number of aliphatic imine (C=N–C) groups is 1. The third kappa shape index (κ3) is 6.00. The standard InChI is InChI=1S/C25H32N4O3S/c30-24(27-19-22(29-17-9-10-18-29)20-11-3-1-4-12-20)15-5-2-8-16-26-25-21-13-6-7-14-23(21)33(31,32)28-25/h1,3-4,6-7,11-14,22H,2,5,8-10,15-19H2,(H,26,28)(H,27,30). The van der Waals surface area contributed by atoms with Crippen LogP contribution in [0.3, 0.4) is 0 Å². The molecule has 7 nitrogen and oxygen atoms in total. The lowest BCUT2D eigenvalue weighted by Gasteiger charge is -2.28. The fourth-order valence-corrected chi connectivity index (χ4v) is 5.75. The Morgan fingerprint density at radius 3 is 2.52 bits per heavy atom. The lowest BCUT2D eigenvalue weighted by atomic mass is 10.1. The number of carbonyl (C=O) groups excluding carboxylic acids is 1. The van der Waals surface area contributed by atoms with E-state index in [1.165, 1.54) is 18.4 Å². The predicted molar refractivity (Wildman–Crippen MR) is 130 cm³/mol. The molecule has 2 heterocycles. The molecule has 2 aliphatic heterocycles. The van der Waals surface area contributed by atoms with Gasteiger partial charge in [0.2, 0.25) is 5.91 Å². The van der Waals surface area contributed by atoms with Crippen LogP contribution in [0.25, 0.3) is 0 Å². The summed E-state index contributed by atoms with van der Waals surface area (Å²) in [6.45, 7) is 3.33. The summed E-state index contributed by atoms with van der Waals surface area (Å²) in [4.78, 5) is 19.6. The van der Waals surface area contributed by atoms with Gasteiger partial charge in [0.15, 0.2) is 0 Å². The van der Waals surface area contributed by atoms with Crippen molar-refractivity contribution in [2.75, 3.05) is 26.2 Å². The number of carbonyl (C=O) groups is 1. The van der Waals surface area contributed by atoms with Crippen molar-refractivity contribution in [1.29, 1.82) is 0 Å². The lowest BCUT2D eigenvalue weighted by Crippen LogP contribution is -2.36. The third-order valence-corrected chi connectivity index (χ3v) is 7.65. The van der Waals surface area contributed by atoms with E-state index in [1.807, 2.05) is 12.1 Å². The average molecular weight is 469 g/mol. The van der Waals surface area contributed by atoms with Gasteiger partial charge in [-0.3, -0.25) is 19.4 Å². The topological polar surface area (TPSA) is 90.9 Å². The van der Waals surface area contributed by atoms with Gasteiger partial charge in [0.1, 0.15) is 5.84 Å². The van der Waals surface area contributed by atoms with Gasteiger partial charge in [-0.15, -0.1) is 0 Å². The Labute approximate surface area is 196 Å². The summed E-state index contributed by atoms with van der Waals surface area (Å²) in [7, 11) is -3.49. The maximum absolute atomic E-state index is 12.4. The first-order chi connectivity index (χ1) is 16.0. The van der Waals surface area contributed by atoms with E-state index in [0.717, 1.165) is 32.4 Å². The van der Waals surface area contributed by atoms with E-state index in [1.54, 1.807) is 18.2 Å². The molecule has 0 radical (unpaired) electrons. The summed E-state index contributed by atoms with van der Waals surface area (Å²) in [5, 5.41) is 3.13. The van der Waals surface area contributed by atoms with Gasteiger partial charge in [0.05, 0.1) is 10.9 Å². The van der Waals surface area contributed by atoms with Gasteiger partial charge in [-0.1, -0.05) is 48.9 Å². The smallest absolute Gasteiger partial charge is 0.263 e. The van der Waals surface area contributed by atoms with Crippen molar-refractivity contribution < 1.29 is 13.2 Å². The molecule has 0 aliphatic carbocycles. The molecule has 1 unspecified atom stereocenters. The van der Waals surface area contributed by atoms with E-state index in [4.69, 9.17) is 0 Å². The molecule has 2 aliphatic rings. The zero-order chi connectivity index (χ0) is 23.1. The molecule has 4 rings (SSSR count). The number of amides is 1. The molecule has 0 aromatic heterocycles. The number of nitrogens with zero attached hydrogens (tertiary/aromatic N) is 2. The fraction of sp³-hybridized carbons (Fsp3) is 0.440. The third-order valence-electron chi connectivity index (χ3n) is 6.25. The number of hydrogen-bond donors (Lipinski definition) is 2. The fourth-order valence-electron chi connectivity index (χ4n) is 4.50. The number of benzene rings is 2. The maximum Gasteiger partial charge on any atom is 0.263 e. The van der Waals surface area contributed by atoms with Crippen molar-refractivity contribution in [2.45, 2.75) is 49.5 Å². The number of fused-ring (bicyclic) bond motifs is 1. The molecule has 2 aromatic rings. The second kappa shape index (κ2) is 10.9. The molecular formula is C25H32N4O3S. The predicted octanol–water partition coefficient (Wildman–Crippen LogP) is 3.24. The number of likely N-dealkylation sites (tertiary alicyclic amines) is 1. The van der Waals surface area contributed by atoms with Crippen molar-refractivity contribution in [3.8, 4) is 0 Å². The Bertz CT molecular complexity index is 1080. The number of nitrogens with one attached hydrogen (secondary N) is 2. The summed E-state index contributed by atoms with van der Waals surface area (Å²) in [5.74, 6) is 0.496. The van der Waals surface area contributed by atoms with Gasteiger partial charge in [0.25, 0.3) is 10.0 Å². The lowest BCUT2D eigenvalue weighted by molar-refractivity contribution is -0.121. The Balaban J connectivity index is 1.18. The highest BCUT2D eigenvalue weighted by Gasteiger charge is 2.29. The van der Waals surface area contributed by atoms with Crippen molar-refractivity contribution >= 4 is 21.8 Å². The molecule has 1 saturated heterocycles. The van der Waals surface area contributed by atoms with Crippen LogP contribution in [0.4, 0.5) is 0 Å². The van der Waals surface area contributed by atoms with Gasteiger partial charge in [-0.2, -0.15) is 0 Å². The molecular weight excluding hydrogens is 436 g/mol. The van der Waals surface area contributed by atoms with Gasteiger partial charge >= 0.3 is 0 Å². The zero-order valence-corrected chi connectivity index (χ0v) is 19.7. The number of sulfonamides is 1. The van der Waals surface area contributed by atoms with E-state index >= 15 is 0 Å². The van der Waals surface area contributed by atoms with Crippen molar-refractivity contribution in [3.05, 3.63) is 65.7 Å². The first kappa shape index (κ1) is 23.4. The Morgan fingerprint density at radius 1 is 1.00 bits per heavy atom. The Hall–Kier alpha value is -2.71. The number of amidine groups is 1. The first-order valence-electron chi connectivity index (χ1n) is 11.8. The van der Waals surface area contributed by atoms with Gasteiger partial charge in [-0.25, -0.2) is 8.42 Å². The summed E-state index contributed by atoms with van der Waals surface area (Å²) in [6.07, 6.45) is 5.39. The summed E-state index contributed by atoms with van der Waals surface area (Å²) >= 11 is 0. The molecule has 2 aromatic carbocycles. The second-order valence-electron chi connectivity index (χ2n) is 8.62. The monoisotopic (exact) mass is 468 g/mol. The maximum atomic E-state index is 12.4. The van der Waals surface area contributed by atoms with Gasteiger partial charge in [0, 0.05) is 25.1 Å². The molecule has 2 N–H and O–H groups in total. The van der Waals surface area contributed by atoms with Crippen LogP contribution in [0.2, 0.25) is 0 Å². The van der Waals surface area contributed by atoms with Crippen LogP contribution in [0.15, 0.2) is 64.5 Å². The van der Waals surface area contributed by atoms with Crippen molar-refractivity contribution in [2.24, 2.45) is 4.99 Å². The summed E-state index contributed by atoms with van der Waals surface area (Å²) in [5.41, 5.74) is 1.88. The highest BCUT2D eigenvalue weighted by molar-refractivity contribution is 7.90. The van der Waals surface area contributed by atoms with Crippen LogP contribution in [0.1, 0.15) is 55.7 Å². The van der Waals surface area contributed by atoms with E-state index < -0.39 is 10.0 Å². The highest BCUT2D eigenvalue weighted by atomic mass is 32.2. The van der Waals surface area contributed by atoms with E-state index in [-0.39, 0.29) is 16.8 Å². The van der Waals surface area contributed by atoms with Crippen LogP contribution >= 0.6 is 0 Å². The summed E-state index contributed by atoms with van der Waals surface area (Å²) in [6, 6.07) is 17.5. The SMILES string of the molecule is O=C(CCCCCN=C1NS(=O)(=O)c2ccccc21)NCC(c1ccccc1)N1CCCC1. The minimum atomic E-state index is -3.49. The van der Waals surface area contributed by atoms with Gasteiger partial charge < -0.3 is 5.32 Å². The number of rotatable bonds is 10. The normalized spacial score (nSPS) is 19.2. The zero-order valence-electron chi connectivity index (χ0n) is 18.9. The average Bonchev–Trinajstić information content (AvgIpc) is 3.44. The van der Waals surface area contributed by atoms with Crippen molar-refractivity contribution in [3.63, 3.8) is 0 Å². The second-order valence-corrected chi connectivity index (χ2v) is 10.3. The molecule has 1 amide bonds. The van der Waals surface area contributed by atoms with Crippen LogP contribution in [-0.4, -0.2) is 51.2 Å². The summed E-state index contributed by atoms with van der Waals surface area (Å²) < 4.78 is 26.8. The Morgan fingerprint density at radius 2 is 1.73 bits per heavy atom. The minimum Gasteiger partial charge on any atom is -0.354 e. The molecule has 0 spiro atoms. The van der Waals surface area contributed by atoms with Crippen molar-refractivity contribution in [1.82, 2.24) is 14.9 Å². The van der Waals surface area contributed by atoms with E-state index in [9.17, 15) is 13.2 Å². The number of unbranched alkanes of at least 4 members (excludes halogenated alkanes) is 2. The van der Waals surface area contributed by atoms with Crippen LogP contribution in [0, 0.1) is 0 Å². The largest absolute Gasteiger partial charge is 0.354 e. The molecule has 1 fully saturated rings. The van der Waals surface area contributed by atoms with Crippen LogP contribution in [0.5, 0.6) is 0 Å². The molecule has 1 atom stereocenters. The van der Waals surface area contributed by atoms with Gasteiger partial charge in [-0.05, 0) is 56.5 Å². The minimum absolute atomic E-state index is 0.0823. The van der Waals surface area contributed by atoms with Crippen LogP contribution < -0.4 is 10.0 Å². The highest BCUT2D eigenvalue weighted by Crippen LogP contribution is 2.24. The molecule has 33 heavy (non-hydrogen) atoms. The quantitative estimate of drug-likeness (QED) is 0.524. The molecule has 176 valence electrons.